The largest absolute Gasteiger partial charge is 0.346 e. The van der Waals surface area contributed by atoms with Crippen molar-refractivity contribution >= 4 is 48.8 Å². The predicted molar refractivity (Wildman–Crippen MR) is 81.3 cm³/mol. The molecule has 2 atom stereocenters. The number of alkyl halides is 1. The first-order valence-corrected chi connectivity index (χ1v) is 9.26. The molecule has 0 bridgehead atoms. The molecule has 1 aromatic heterocycles. The second-order valence-electron chi connectivity index (χ2n) is 4.97. The van der Waals surface area contributed by atoms with E-state index < -0.39 is 21.3 Å². The Morgan fingerprint density at radius 2 is 2.10 bits per heavy atom. The Kier molecular flexibility index (Phi) is 3.67. The van der Waals surface area contributed by atoms with E-state index in [-0.39, 0.29) is 23.2 Å². The highest BCUT2D eigenvalue weighted by Gasteiger charge is 2.37. The normalized spacial score (nSPS) is 24.3. The van der Waals surface area contributed by atoms with Crippen LogP contribution in [0.2, 0.25) is 0 Å². The summed E-state index contributed by atoms with van der Waals surface area (Å²) >= 11 is 7.11. The number of benzene rings is 1. The first-order valence-electron chi connectivity index (χ1n) is 6.18. The third kappa shape index (κ3) is 3.04. The summed E-state index contributed by atoms with van der Waals surface area (Å²) in [5.41, 5.74) is 0. The molecule has 21 heavy (non-hydrogen) atoms. The number of nitrogens with one attached hydrogen (secondary N) is 1. The lowest BCUT2D eigenvalue weighted by Gasteiger charge is -2.13. The highest BCUT2D eigenvalue weighted by Crippen LogP contribution is 2.27. The lowest BCUT2D eigenvalue weighted by molar-refractivity contribution is 0.0945. The van der Waals surface area contributed by atoms with Crippen LogP contribution in [0, 0.1) is 5.82 Å². The summed E-state index contributed by atoms with van der Waals surface area (Å²) in [6.07, 6.45) is 0. The molecule has 1 aliphatic heterocycles. The number of fused-ring (bicyclic) bond motifs is 1. The molecule has 4 nitrogen and oxygen atoms in total. The maximum absolute atomic E-state index is 13.1. The van der Waals surface area contributed by atoms with Crippen LogP contribution in [0.5, 0.6) is 0 Å². The molecule has 1 fully saturated rings. The van der Waals surface area contributed by atoms with Crippen molar-refractivity contribution < 1.29 is 17.6 Å². The SMILES string of the molecule is O=C(NC1CS(=O)(=O)CC1Cl)c1cc2ccc(F)cc2s1. The summed E-state index contributed by atoms with van der Waals surface area (Å²) in [5, 5.41) is 2.79. The molecule has 0 aliphatic carbocycles. The first kappa shape index (κ1) is 14.7. The van der Waals surface area contributed by atoms with Crippen molar-refractivity contribution in [3.8, 4) is 0 Å². The van der Waals surface area contributed by atoms with E-state index in [1.807, 2.05) is 0 Å². The van der Waals surface area contributed by atoms with E-state index in [2.05, 4.69) is 5.32 Å². The van der Waals surface area contributed by atoms with Gasteiger partial charge < -0.3 is 5.32 Å². The molecule has 1 saturated heterocycles. The van der Waals surface area contributed by atoms with E-state index >= 15 is 0 Å². The topological polar surface area (TPSA) is 63.2 Å². The van der Waals surface area contributed by atoms with Gasteiger partial charge in [-0.15, -0.1) is 22.9 Å². The minimum absolute atomic E-state index is 0.128. The Morgan fingerprint density at radius 3 is 2.76 bits per heavy atom. The van der Waals surface area contributed by atoms with E-state index in [0.717, 1.165) is 16.7 Å². The number of rotatable bonds is 2. The third-order valence-electron chi connectivity index (χ3n) is 3.31. The molecule has 0 saturated carbocycles. The van der Waals surface area contributed by atoms with Gasteiger partial charge in [-0.05, 0) is 23.6 Å². The molecule has 8 heteroatoms. The quantitative estimate of drug-likeness (QED) is 0.847. The van der Waals surface area contributed by atoms with Crippen molar-refractivity contribution in [3.05, 3.63) is 35.0 Å². The van der Waals surface area contributed by atoms with Crippen molar-refractivity contribution in [2.45, 2.75) is 11.4 Å². The molecule has 1 amide bonds. The van der Waals surface area contributed by atoms with Crippen molar-refractivity contribution in [2.24, 2.45) is 0 Å². The second kappa shape index (κ2) is 5.23. The molecule has 3 rings (SSSR count). The number of thiophene rings is 1. The molecule has 2 heterocycles. The van der Waals surface area contributed by atoms with Gasteiger partial charge in [0.2, 0.25) is 0 Å². The van der Waals surface area contributed by atoms with E-state index in [1.54, 1.807) is 12.1 Å². The number of carbonyl (C=O) groups excluding carboxylic acids is 1. The molecule has 1 N–H and O–H groups in total. The van der Waals surface area contributed by atoms with Crippen LogP contribution in [0.15, 0.2) is 24.3 Å². The van der Waals surface area contributed by atoms with Crippen molar-refractivity contribution in [1.29, 1.82) is 0 Å². The van der Waals surface area contributed by atoms with Crippen LogP contribution in [0.4, 0.5) is 4.39 Å². The summed E-state index contributed by atoms with van der Waals surface area (Å²) in [6.45, 7) is 0. The highest BCUT2D eigenvalue weighted by molar-refractivity contribution is 7.91. The molecule has 112 valence electrons. The Hall–Kier alpha value is -1.18. The zero-order chi connectivity index (χ0) is 15.2. The number of halogens is 2. The number of hydrogen-bond acceptors (Lipinski definition) is 4. The van der Waals surface area contributed by atoms with Gasteiger partial charge in [0.1, 0.15) is 5.82 Å². The molecule has 2 unspecified atom stereocenters. The molecule has 1 aromatic carbocycles. The predicted octanol–water partition coefficient (Wildman–Crippen LogP) is 2.17. The third-order valence-corrected chi connectivity index (χ3v) is 6.78. The van der Waals surface area contributed by atoms with Gasteiger partial charge in [0.15, 0.2) is 9.84 Å². The van der Waals surface area contributed by atoms with Gasteiger partial charge in [-0.2, -0.15) is 0 Å². The fourth-order valence-corrected chi connectivity index (χ4v) is 5.83. The monoisotopic (exact) mass is 347 g/mol. The molecule has 2 aromatic rings. The fraction of sp³-hybridized carbons (Fsp3) is 0.308. The molecular formula is C13H11ClFNO3S2. The Morgan fingerprint density at radius 1 is 1.33 bits per heavy atom. The summed E-state index contributed by atoms with van der Waals surface area (Å²) < 4.78 is 36.7. The van der Waals surface area contributed by atoms with Gasteiger partial charge in [-0.3, -0.25) is 4.79 Å². The van der Waals surface area contributed by atoms with E-state index in [0.29, 0.717) is 9.58 Å². The lowest BCUT2D eigenvalue weighted by Crippen LogP contribution is -2.40. The minimum Gasteiger partial charge on any atom is -0.346 e. The first-order chi connectivity index (χ1) is 9.84. The summed E-state index contributed by atoms with van der Waals surface area (Å²) in [6, 6.07) is 5.35. The Bertz CT molecular complexity index is 818. The minimum atomic E-state index is -3.20. The van der Waals surface area contributed by atoms with E-state index in [9.17, 15) is 17.6 Å². The smallest absolute Gasteiger partial charge is 0.261 e. The van der Waals surface area contributed by atoms with Gasteiger partial charge in [-0.1, -0.05) is 6.07 Å². The van der Waals surface area contributed by atoms with Crippen LogP contribution in [-0.2, 0) is 9.84 Å². The second-order valence-corrected chi connectivity index (χ2v) is 8.76. The van der Waals surface area contributed by atoms with Crippen LogP contribution in [0.25, 0.3) is 10.1 Å². The highest BCUT2D eigenvalue weighted by atomic mass is 35.5. The van der Waals surface area contributed by atoms with Crippen LogP contribution in [-0.4, -0.2) is 37.2 Å². The number of amides is 1. The Balaban J connectivity index is 1.81. The number of carbonyl (C=O) groups is 1. The van der Waals surface area contributed by atoms with Crippen molar-refractivity contribution in [2.75, 3.05) is 11.5 Å². The standard InChI is InChI=1S/C13H11ClFNO3S2/c14-9-5-21(18,19)6-10(9)16-13(17)12-3-7-1-2-8(15)4-11(7)20-12/h1-4,9-10H,5-6H2,(H,16,17). The maximum Gasteiger partial charge on any atom is 0.261 e. The fourth-order valence-electron chi connectivity index (χ4n) is 2.29. The average molecular weight is 348 g/mol. The molecule has 0 radical (unpaired) electrons. The maximum atomic E-state index is 13.1. The Labute approximate surface area is 129 Å². The summed E-state index contributed by atoms with van der Waals surface area (Å²) in [4.78, 5) is 12.6. The van der Waals surface area contributed by atoms with Gasteiger partial charge in [0, 0.05) is 4.70 Å². The van der Waals surface area contributed by atoms with Crippen LogP contribution in [0.3, 0.4) is 0 Å². The van der Waals surface area contributed by atoms with Gasteiger partial charge in [0.05, 0.1) is 27.8 Å². The lowest BCUT2D eigenvalue weighted by atomic mass is 10.2. The molecule has 1 aliphatic rings. The average Bonchev–Trinajstić information content (AvgIpc) is 2.89. The van der Waals surface area contributed by atoms with E-state index in [4.69, 9.17) is 11.6 Å². The van der Waals surface area contributed by atoms with Crippen LogP contribution in [0.1, 0.15) is 9.67 Å². The van der Waals surface area contributed by atoms with Crippen LogP contribution < -0.4 is 5.32 Å². The van der Waals surface area contributed by atoms with Gasteiger partial charge in [0.25, 0.3) is 5.91 Å². The molecule has 0 spiro atoms. The van der Waals surface area contributed by atoms with Crippen LogP contribution >= 0.6 is 22.9 Å². The zero-order valence-corrected chi connectivity index (χ0v) is 13.1. The summed E-state index contributed by atoms with van der Waals surface area (Å²) in [7, 11) is -3.20. The summed E-state index contributed by atoms with van der Waals surface area (Å²) in [5.74, 6) is -1.02. The van der Waals surface area contributed by atoms with Gasteiger partial charge in [-0.25, -0.2) is 12.8 Å². The number of sulfone groups is 1. The van der Waals surface area contributed by atoms with Crippen molar-refractivity contribution in [1.82, 2.24) is 5.32 Å². The van der Waals surface area contributed by atoms with Crippen molar-refractivity contribution in [3.63, 3.8) is 0 Å². The zero-order valence-electron chi connectivity index (χ0n) is 10.7. The molecular weight excluding hydrogens is 337 g/mol. The number of hydrogen-bond donors (Lipinski definition) is 1. The van der Waals surface area contributed by atoms with Gasteiger partial charge >= 0.3 is 0 Å². The van der Waals surface area contributed by atoms with E-state index in [1.165, 1.54) is 12.1 Å².